The molecule has 1 saturated heterocycles. The zero-order valence-corrected chi connectivity index (χ0v) is 13.3. The van der Waals surface area contributed by atoms with Crippen molar-refractivity contribution in [2.24, 2.45) is 0 Å². The van der Waals surface area contributed by atoms with Crippen LogP contribution in [-0.4, -0.2) is 45.2 Å². The minimum atomic E-state index is -0.397. The Bertz CT molecular complexity index is 680. The van der Waals surface area contributed by atoms with Crippen LogP contribution in [0.5, 0.6) is 0 Å². The van der Waals surface area contributed by atoms with E-state index in [0.717, 1.165) is 18.8 Å². The fourth-order valence-corrected chi connectivity index (χ4v) is 3.17. The van der Waals surface area contributed by atoms with Crippen LogP contribution in [0.25, 0.3) is 5.65 Å². The number of fused-ring (bicyclic) bond motifs is 1. The SMILES string of the molecule is COC(=O)c1cccc2nc(C3CCCCN3C(C)C)nn12. The molecule has 22 heavy (non-hydrogen) atoms. The molecule has 0 bridgehead atoms. The first-order valence-electron chi connectivity index (χ1n) is 7.81. The molecule has 0 radical (unpaired) electrons. The van der Waals surface area contributed by atoms with E-state index in [-0.39, 0.29) is 6.04 Å². The van der Waals surface area contributed by atoms with Crippen molar-refractivity contribution in [3.63, 3.8) is 0 Å². The average molecular weight is 302 g/mol. The molecule has 0 saturated carbocycles. The predicted octanol–water partition coefficient (Wildman–Crippen LogP) is 2.45. The molecule has 1 aliphatic heterocycles. The van der Waals surface area contributed by atoms with E-state index in [1.807, 2.05) is 6.07 Å². The number of piperidine rings is 1. The predicted molar refractivity (Wildman–Crippen MR) is 82.8 cm³/mol. The molecular weight excluding hydrogens is 280 g/mol. The molecule has 1 aliphatic rings. The lowest BCUT2D eigenvalue weighted by Crippen LogP contribution is -2.39. The van der Waals surface area contributed by atoms with Crippen molar-refractivity contribution in [3.05, 3.63) is 29.7 Å². The Morgan fingerprint density at radius 2 is 2.18 bits per heavy atom. The van der Waals surface area contributed by atoms with Crippen molar-refractivity contribution in [3.8, 4) is 0 Å². The summed E-state index contributed by atoms with van der Waals surface area (Å²) in [6.45, 7) is 5.48. The lowest BCUT2D eigenvalue weighted by Gasteiger charge is -2.36. The molecule has 1 unspecified atom stereocenters. The van der Waals surface area contributed by atoms with Gasteiger partial charge >= 0.3 is 5.97 Å². The van der Waals surface area contributed by atoms with Gasteiger partial charge in [0, 0.05) is 6.04 Å². The summed E-state index contributed by atoms with van der Waals surface area (Å²) in [7, 11) is 1.38. The topological polar surface area (TPSA) is 59.7 Å². The zero-order chi connectivity index (χ0) is 15.7. The minimum absolute atomic E-state index is 0.221. The second-order valence-corrected chi connectivity index (χ2v) is 5.99. The molecule has 2 aromatic heterocycles. The molecule has 6 heteroatoms. The average Bonchev–Trinajstić information content (AvgIpc) is 2.97. The number of aromatic nitrogens is 3. The van der Waals surface area contributed by atoms with Gasteiger partial charge in [0.25, 0.3) is 0 Å². The quantitative estimate of drug-likeness (QED) is 0.815. The van der Waals surface area contributed by atoms with Gasteiger partial charge in [-0.15, -0.1) is 5.10 Å². The fourth-order valence-electron chi connectivity index (χ4n) is 3.17. The van der Waals surface area contributed by atoms with Gasteiger partial charge in [-0.2, -0.15) is 0 Å². The third-order valence-electron chi connectivity index (χ3n) is 4.28. The van der Waals surface area contributed by atoms with Gasteiger partial charge in [-0.05, 0) is 45.4 Å². The Morgan fingerprint density at radius 3 is 2.91 bits per heavy atom. The highest BCUT2D eigenvalue weighted by molar-refractivity contribution is 5.88. The lowest BCUT2D eigenvalue weighted by atomic mass is 10.00. The third-order valence-corrected chi connectivity index (χ3v) is 4.28. The van der Waals surface area contributed by atoms with Crippen molar-refractivity contribution in [2.45, 2.75) is 45.2 Å². The summed E-state index contributed by atoms with van der Waals surface area (Å²) in [5.41, 5.74) is 1.10. The molecule has 1 fully saturated rings. The van der Waals surface area contributed by atoms with E-state index >= 15 is 0 Å². The first-order valence-corrected chi connectivity index (χ1v) is 7.81. The van der Waals surface area contributed by atoms with Crippen LogP contribution in [0.2, 0.25) is 0 Å². The van der Waals surface area contributed by atoms with Crippen LogP contribution in [0.1, 0.15) is 55.5 Å². The van der Waals surface area contributed by atoms with E-state index < -0.39 is 5.97 Å². The van der Waals surface area contributed by atoms with Crippen LogP contribution in [0.4, 0.5) is 0 Å². The maximum atomic E-state index is 11.9. The number of nitrogens with zero attached hydrogens (tertiary/aromatic N) is 4. The van der Waals surface area contributed by atoms with Gasteiger partial charge in [0.1, 0.15) is 0 Å². The van der Waals surface area contributed by atoms with E-state index in [9.17, 15) is 4.79 Å². The Balaban J connectivity index is 2.02. The van der Waals surface area contributed by atoms with Crippen LogP contribution in [0.15, 0.2) is 18.2 Å². The number of pyridine rings is 1. The van der Waals surface area contributed by atoms with E-state index in [1.54, 1.807) is 16.6 Å². The van der Waals surface area contributed by atoms with Crippen molar-refractivity contribution in [2.75, 3.05) is 13.7 Å². The minimum Gasteiger partial charge on any atom is -0.464 e. The second kappa shape index (κ2) is 6.04. The molecule has 3 heterocycles. The van der Waals surface area contributed by atoms with Gasteiger partial charge < -0.3 is 4.74 Å². The normalized spacial score (nSPS) is 19.7. The molecule has 118 valence electrons. The van der Waals surface area contributed by atoms with Crippen LogP contribution >= 0.6 is 0 Å². The van der Waals surface area contributed by atoms with E-state index in [4.69, 9.17) is 4.74 Å². The largest absolute Gasteiger partial charge is 0.464 e. The molecule has 3 rings (SSSR count). The summed E-state index contributed by atoms with van der Waals surface area (Å²) >= 11 is 0. The van der Waals surface area contributed by atoms with Gasteiger partial charge in [-0.25, -0.2) is 14.3 Å². The van der Waals surface area contributed by atoms with Crippen LogP contribution in [-0.2, 0) is 4.74 Å². The molecular formula is C16H22N4O2. The van der Waals surface area contributed by atoms with Crippen LogP contribution in [0.3, 0.4) is 0 Å². The van der Waals surface area contributed by atoms with E-state index in [0.29, 0.717) is 17.4 Å². The van der Waals surface area contributed by atoms with Crippen molar-refractivity contribution in [1.29, 1.82) is 0 Å². The third kappa shape index (κ3) is 2.59. The van der Waals surface area contributed by atoms with Gasteiger partial charge in [0.05, 0.1) is 13.2 Å². The number of carbonyl (C=O) groups is 1. The Morgan fingerprint density at radius 1 is 1.36 bits per heavy atom. The number of methoxy groups -OCH3 is 1. The summed E-state index contributed by atoms with van der Waals surface area (Å²) in [5, 5.41) is 4.60. The number of rotatable bonds is 3. The second-order valence-electron chi connectivity index (χ2n) is 5.99. The summed E-state index contributed by atoms with van der Waals surface area (Å²) in [5.74, 6) is 0.399. The summed E-state index contributed by atoms with van der Waals surface area (Å²) in [6.07, 6.45) is 3.46. The van der Waals surface area contributed by atoms with Crippen molar-refractivity contribution in [1.82, 2.24) is 19.5 Å². The molecule has 0 aromatic carbocycles. The van der Waals surface area contributed by atoms with Gasteiger partial charge in [0.15, 0.2) is 17.2 Å². The highest BCUT2D eigenvalue weighted by atomic mass is 16.5. The zero-order valence-electron chi connectivity index (χ0n) is 13.3. The first kappa shape index (κ1) is 15.0. The maximum Gasteiger partial charge on any atom is 0.356 e. The lowest BCUT2D eigenvalue weighted by molar-refractivity contribution is 0.0590. The summed E-state index contributed by atoms with van der Waals surface area (Å²) in [6, 6.07) is 6.06. The highest BCUT2D eigenvalue weighted by Gasteiger charge is 2.29. The van der Waals surface area contributed by atoms with Crippen LogP contribution < -0.4 is 0 Å². The number of likely N-dealkylation sites (tertiary alicyclic amines) is 1. The number of hydrogen-bond donors (Lipinski definition) is 0. The van der Waals surface area contributed by atoms with Crippen molar-refractivity contribution < 1.29 is 9.53 Å². The van der Waals surface area contributed by atoms with Gasteiger partial charge in [0.2, 0.25) is 0 Å². The smallest absolute Gasteiger partial charge is 0.356 e. The van der Waals surface area contributed by atoms with E-state index in [2.05, 4.69) is 28.8 Å². The standard InChI is InChI=1S/C16H22N4O2/c1-11(2)19-10-5-4-7-12(19)15-17-14-9-6-8-13(16(21)22-3)20(14)18-15/h6,8-9,11-12H,4-5,7,10H2,1-3H3. The molecule has 0 aliphatic carbocycles. The first-order chi connectivity index (χ1) is 10.6. The molecule has 0 spiro atoms. The van der Waals surface area contributed by atoms with Gasteiger partial charge in [-0.3, -0.25) is 4.90 Å². The maximum absolute atomic E-state index is 11.9. The summed E-state index contributed by atoms with van der Waals surface area (Å²) in [4.78, 5) is 19.0. The fraction of sp³-hybridized carbons (Fsp3) is 0.562. The molecule has 0 amide bonds. The van der Waals surface area contributed by atoms with Gasteiger partial charge in [-0.1, -0.05) is 12.5 Å². The monoisotopic (exact) mass is 302 g/mol. The van der Waals surface area contributed by atoms with Crippen LogP contribution in [0, 0.1) is 0 Å². The molecule has 6 nitrogen and oxygen atoms in total. The molecule has 0 N–H and O–H groups in total. The van der Waals surface area contributed by atoms with Crippen molar-refractivity contribution >= 4 is 11.6 Å². The number of esters is 1. The number of ether oxygens (including phenoxy) is 1. The number of hydrogen-bond acceptors (Lipinski definition) is 5. The van der Waals surface area contributed by atoms with E-state index in [1.165, 1.54) is 20.0 Å². The molecule has 2 aromatic rings. The Kier molecular flexibility index (Phi) is 4.11. The Hall–Kier alpha value is -1.95. The molecule has 1 atom stereocenters. The number of carbonyl (C=O) groups excluding carboxylic acids is 1. The summed E-state index contributed by atoms with van der Waals surface area (Å²) < 4.78 is 6.41. The Labute approximate surface area is 130 Å². The highest BCUT2D eigenvalue weighted by Crippen LogP contribution is 2.30.